The van der Waals surface area contributed by atoms with Crippen LogP contribution in [0.1, 0.15) is 39.5 Å². The van der Waals surface area contributed by atoms with E-state index < -0.39 is 43.5 Å². The van der Waals surface area contributed by atoms with Gasteiger partial charge in [0.1, 0.15) is 0 Å². The Hall–Kier alpha value is -1.44. The smallest absolute Gasteiger partial charge is 0.328 e. The van der Waals surface area contributed by atoms with E-state index in [-0.39, 0.29) is 12.8 Å². The predicted molar refractivity (Wildman–Crippen MR) is 72.0 cm³/mol. The Balaban J connectivity index is 0. The van der Waals surface area contributed by atoms with Gasteiger partial charge in [-0.25, -0.2) is 0 Å². The van der Waals surface area contributed by atoms with Gasteiger partial charge in [0.25, 0.3) is 0 Å². The number of carboxylic acid groups (broad SMARTS) is 3. The lowest BCUT2D eigenvalue weighted by Gasteiger charge is -2.08. The molecule has 0 aromatic heterocycles. The van der Waals surface area contributed by atoms with E-state index in [1.54, 1.807) is 13.8 Å². The summed E-state index contributed by atoms with van der Waals surface area (Å²) < 4.78 is 10.3. The summed E-state index contributed by atoms with van der Waals surface area (Å²) in [6, 6.07) is 0. The minimum Gasteiger partial charge on any atom is -0.481 e. The Morgan fingerprint density at radius 2 is 1.52 bits per heavy atom. The molecule has 5 N–H and O–H groups in total. The molecule has 0 radical (unpaired) electrons. The third kappa shape index (κ3) is 13.3. The number of rotatable bonds is 8. The van der Waals surface area contributed by atoms with E-state index in [0.29, 0.717) is 6.42 Å². The topological polar surface area (TPSA) is 169 Å². The Morgan fingerprint density at radius 1 is 1.05 bits per heavy atom. The molecule has 0 saturated heterocycles. The molecule has 2 unspecified atom stereocenters. The van der Waals surface area contributed by atoms with Crippen LogP contribution in [-0.4, -0.2) is 48.7 Å². The second kappa shape index (κ2) is 10.3. The fourth-order valence-electron chi connectivity index (χ4n) is 1.06. The Morgan fingerprint density at radius 3 is 1.71 bits per heavy atom. The fourth-order valence-corrected chi connectivity index (χ4v) is 1.53. The van der Waals surface area contributed by atoms with E-state index in [2.05, 4.69) is 0 Å². The van der Waals surface area contributed by atoms with Crippen LogP contribution in [0.15, 0.2) is 0 Å². The van der Waals surface area contributed by atoms with E-state index in [9.17, 15) is 18.9 Å². The van der Waals surface area contributed by atoms with Gasteiger partial charge in [0.15, 0.2) is 0 Å². The summed E-state index contributed by atoms with van der Waals surface area (Å²) in [5.74, 6) is -4.76. The second-order valence-electron chi connectivity index (χ2n) is 4.41. The molecule has 10 heteroatoms. The zero-order valence-electron chi connectivity index (χ0n) is 11.8. The van der Waals surface area contributed by atoms with Gasteiger partial charge in [-0.3, -0.25) is 18.9 Å². The van der Waals surface area contributed by atoms with Crippen molar-refractivity contribution >= 4 is 25.5 Å². The van der Waals surface area contributed by atoms with Gasteiger partial charge in [-0.1, -0.05) is 13.8 Å². The van der Waals surface area contributed by atoms with Gasteiger partial charge in [-0.2, -0.15) is 0 Å². The van der Waals surface area contributed by atoms with Crippen molar-refractivity contribution in [2.45, 2.75) is 45.2 Å². The standard InChI is InChI=1S/C7H10O6.C4H11O3P/c8-5(9)2-1-4(7(12)13)3-6(10)11;1-3-4(2)8(5,6)7/h4H,1-3H2,(H,8,9)(H,10,11)(H,12,13);4H,3H2,1-2H3,(H2,5,6,7). The fraction of sp³-hybridized carbons (Fsp3) is 0.727. The van der Waals surface area contributed by atoms with Crippen LogP contribution in [0.2, 0.25) is 0 Å². The second-order valence-corrected chi connectivity index (χ2v) is 6.47. The number of carboxylic acids is 3. The lowest BCUT2D eigenvalue weighted by molar-refractivity contribution is -0.149. The van der Waals surface area contributed by atoms with Crippen LogP contribution in [0.5, 0.6) is 0 Å². The summed E-state index contributed by atoms with van der Waals surface area (Å²) in [6.07, 6.45) is -0.492. The highest BCUT2D eigenvalue weighted by Crippen LogP contribution is 2.42. The van der Waals surface area contributed by atoms with Gasteiger partial charge in [0, 0.05) is 6.42 Å². The molecule has 0 aliphatic carbocycles. The molecule has 124 valence electrons. The van der Waals surface area contributed by atoms with Gasteiger partial charge < -0.3 is 25.1 Å². The molecule has 0 aromatic carbocycles. The van der Waals surface area contributed by atoms with E-state index in [1.807, 2.05) is 0 Å². The van der Waals surface area contributed by atoms with Crippen molar-refractivity contribution in [3.63, 3.8) is 0 Å². The molecule has 0 amide bonds. The molecular weight excluding hydrogens is 307 g/mol. The van der Waals surface area contributed by atoms with Crippen LogP contribution in [0.4, 0.5) is 0 Å². The van der Waals surface area contributed by atoms with Crippen molar-refractivity contribution in [2.24, 2.45) is 5.92 Å². The van der Waals surface area contributed by atoms with E-state index in [0.717, 1.165) is 0 Å². The molecular formula is C11H21O9P. The van der Waals surface area contributed by atoms with Gasteiger partial charge in [0.05, 0.1) is 18.0 Å². The Labute approximate surface area is 121 Å². The first-order chi connectivity index (χ1) is 9.41. The first-order valence-electron chi connectivity index (χ1n) is 6.13. The third-order valence-electron chi connectivity index (χ3n) is 2.64. The van der Waals surface area contributed by atoms with Crippen molar-refractivity contribution in [1.82, 2.24) is 0 Å². The van der Waals surface area contributed by atoms with Gasteiger partial charge in [-0.15, -0.1) is 0 Å². The van der Waals surface area contributed by atoms with Crippen molar-refractivity contribution in [2.75, 3.05) is 0 Å². The summed E-state index contributed by atoms with van der Waals surface area (Å²) in [7, 11) is -3.76. The van der Waals surface area contributed by atoms with Crippen LogP contribution in [0.25, 0.3) is 0 Å². The largest absolute Gasteiger partial charge is 0.481 e. The van der Waals surface area contributed by atoms with E-state index >= 15 is 0 Å². The summed E-state index contributed by atoms with van der Waals surface area (Å²) in [4.78, 5) is 47.4. The van der Waals surface area contributed by atoms with Crippen molar-refractivity contribution < 1.29 is 44.1 Å². The molecule has 0 bridgehead atoms. The molecule has 0 spiro atoms. The maximum atomic E-state index is 10.4. The van der Waals surface area contributed by atoms with Crippen LogP contribution < -0.4 is 0 Å². The lowest BCUT2D eigenvalue weighted by atomic mass is 10.00. The molecule has 0 saturated carbocycles. The monoisotopic (exact) mass is 328 g/mol. The highest BCUT2D eigenvalue weighted by molar-refractivity contribution is 7.52. The minimum atomic E-state index is -3.76. The first kappa shape index (κ1) is 21.9. The average Bonchev–Trinajstić information content (AvgIpc) is 2.32. The Kier molecular flexibility index (Phi) is 10.7. The highest BCUT2D eigenvalue weighted by atomic mass is 31.2. The summed E-state index contributed by atoms with van der Waals surface area (Å²) in [6.45, 7) is 3.30. The summed E-state index contributed by atoms with van der Waals surface area (Å²) in [5.41, 5.74) is -0.484. The molecule has 0 heterocycles. The van der Waals surface area contributed by atoms with Crippen LogP contribution in [0, 0.1) is 5.92 Å². The zero-order chi connectivity index (χ0) is 17.2. The van der Waals surface area contributed by atoms with Crippen LogP contribution in [-0.2, 0) is 18.9 Å². The number of hydrogen-bond donors (Lipinski definition) is 5. The van der Waals surface area contributed by atoms with E-state index in [1.165, 1.54) is 0 Å². The number of carbonyl (C=O) groups is 3. The lowest BCUT2D eigenvalue weighted by Crippen LogP contribution is -2.18. The molecule has 0 aromatic rings. The van der Waals surface area contributed by atoms with Crippen molar-refractivity contribution in [1.29, 1.82) is 0 Å². The van der Waals surface area contributed by atoms with Crippen molar-refractivity contribution in [3.8, 4) is 0 Å². The van der Waals surface area contributed by atoms with Crippen LogP contribution >= 0.6 is 7.60 Å². The molecule has 9 nitrogen and oxygen atoms in total. The van der Waals surface area contributed by atoms with E-state index in [4.69, 9.17) is 25.1 Å². The first-order valence-corrected chi connectivity index (χ1v) is 7.81. The van der Waals surface area contributed by atoms with Gasteiger partial charge >= 0.3 is 25.5 Å². The Bertz CT molecular complexity index is 400. The minimum absolute atomic E-state index is 0.156. The predicted octanol–water partition coefficient (Wildman–Crippen LogP) is 0.989. The molecule has 2 atom stereocenters. The molecule has 0 aliphatic rings. The highest BCUT2D eigenvalue weighted by Gasteiger charge is 2.21. The molecule has 0 rings (SSSR count). The zero-order valence-corrected chi connectivity index (χ0v) is 12.7. The maximum Gasteiger partial charge on any atom is 0.328 e. The summed E-state index contributed by atoms with van der Waals surface area (Å²) >= 11 is 0. The SMILES string of the molecule is CCC(C)P(=O)(O)O.O=C(O)CCC(CC(=O)O)C(=O)O. The van der Waals surface area contributed by atoms with Gasteiger partial charge in [0.2, 0.25) is 0 Å². The average molecular weight is 328 g/mol. The summed E-state index contributed by atoms with van der Waals surface area (Å²) in [5, 5.41) is 25.0. The molecule has 0 fully saturated rings. The number of hydrogen-bond acceptors (Lipinski definition) is 4. The molecule has 0 aliphatic heterocycles. The normalized spacial score (nSPS) is 13.5. The number of aliphatic carboxylic acids is 3. The quantitative estimate of drug-likeness (QED) is 0.407. The van der Waals surface area contributed by atoms with Crippen molar-refractivity contribution in [3.05, 3.63) is 0 Å². The molecule has 21 heavy (non-hydrogen) atoms. The van der Waals surface area contributed by atoms with Crippen LogP contribution in [0.3, 0.4) is 0 Å². The van der Waals surface area contributed by atoms with Gasteiger partial charge in [-0.05, 0) is 12.8 Å². The third-order valence-corrected chi connectivity index (χ3v) is 4.16. The maximum absolute atomic E-state index is 10.4.